The number of hydrogen-bond donors (Lipinski definition) is 1. The molecule has 0 aliphatic carbocycles. The topological polar surface area (TPSA) is 28.2 Å². The number of anilines is 2. The number of pyridine rings is 1. The smallest absolute Gasteiger partial charge is 0.0577 e. The lowest BCUT2D eigenvalue weighted by molar-refractivity contribution is 0.706. The molecule has 1 heterocycles. The Morgan fingerprint density at radius 1 is 0.714 bits per heavy atom. The van der Waals surface area contributed by atoms with Crippen molar-refractivity contribution in [2.75, 3.05) is 5.01 Å². The fourth-order valence-corrected chi connectivity index (χ4v) is 2.16. The van der Waals surface area contributed by atoms with E-state index in [1.165, 1.54) is 5.56 Å². The highest BCUT2D eigenvalue weighted by Crippen LogP contribution is 2.22. The minimum atomic E-state index is 0.742. The third kappa shape index (κ3) is 3.46. The number of rotatable bonds is 5. The van der Waals surface area contributed by atoms with Crippen molar-refractivity contribution in [3.63, 3.8) is 0 Å². The summed E-state index contributed by atoms with van der Waals surface area (Å²) in [5.41, 5.74) is 6.89. The van der Waals surface area contributed by atoms with Gasteiger partial charge in [-0.3, -0.25) is 9.99 Å². The summed E-state index contributed by atoms with van der Waals surface area (Å²) in [6.45, 7) is 0.742. The van der Waals surface area contributed by atoms with Crippen LogP contribution in [0.25, 0.3) is 0 Å². The van der Waals surface area contributed by atoms with Crippen LogP contribution >= 0.6 is 0 Å². The van der Waals surface area contributed by atoms with Gasteiger partial charge in [-0.1, -0.05) is 36.4 Å². The second kappa shape index (κ2) is 6.68. The van der Waals surface area contributed by atoms with Crippen LogP contribution in [0.1, 0.15) is 5.56 Å². The summed E-state index contributed by atoms with van der Waals surface area (Å²) in [5, 5.41) is 2.10. The molecule has 3 rings (SSSR count). The van der Waals surface area contributed by atoms with Crippen LogP contribution in [0.5, 0.6) is 0 Å². The van der Waals surface area contributed by atoms with Gasteiger partial charge in [0.25, 0.3) is 0 Å². The van der Waals surface area contributed by atoms with Crippen LogP contribution in [0.4, 0.5) is 11.4 Å². The first-order valence-electron chi connectivity index (χ1n) is 6.96. The average Bonchev–Trinajstić information content (AvgIpc) is 2.58. The van der Waals surface area contributed by atoms with Gasteiger partial charge in [0.15, 0.2) is 0 Å². The number of para-hydroxylation sites is 2. The van der Waals surface area contributed by atoms with Crippen LogP contribution in [0.2, 0.25) is 0 Å². The van der Waals surface area contributed by atoms with Gasteiger partial charge in [0.05, 0.1) is 11.4 Å². The highest BCUT2D eigenvalue weighted by atomic mass is 15.5. The van der Waals surface area contributed by atoms with Gasteiger partial charge in [-0.15, -0.1) is 0 Å². The Labute approximate surface area is 124 Å². The van der Waals surface area contributed by atoms with E-state index in [-0.39, 0.29) is 0 Å². The van der Waals surface area contributed by atoms with Crippen molar-refractivity contribution >= 4 is 11.4 Å². The van der Waals surface area contributed by atoms with Crippen molar-refractivity contribution in [1.29, 1.82) is 0 Å². The third-order valence-electron chi connectivity index (χ3n) is 3.22. The van der Waals surface area contributed by atoms with Crippen molar-refractivity contribution in [1.82, 2.24) is 10.4 Å². The largest absolute Gasteiger partial charge is 0.277 e. The van der Waals surface area contributed by atoms with E-state index in [4.69, 9.17) is 0 Å². The van der Waals surface area contributed by atoms with E-state index in [0.29, 0.717) is 0 Å². The maximum Gasteiger partial charge on any atom is 0.0577 e. The quantitative estimate of drug-likeness (QED) is 0.715. The van der Waals surface area contributed by atoms with Crippen LogP contribution in [-0.4, -0.2) is 4.98 Å². The predicted octanol–water partition coefficient (Wildman–Crippen LogP) is 3.92. The van der Waals surface area contributed by atoms with Crippen molar-refractivity contribution < 1.29 is 0 Å². The van der Waals surface area contributed by atoms with E-state index in [1.54, 1.807) is 0 Å². The zero-order valence-corrected chi connectivity index (χ0v) is 11.7. The molecule has 1 aromatic heterocycles. The molecular weight excluding hydrogens is 258 g/mol. The van der Waals surface area contributed by atoms with E-state index in [0.717, 1.165) is 17.9 Å². The Kier molecular flexibility index (Phi) is 4.24. The van der Waals surface area contributed by atoms with E-state index < -0.39 is 0 Å². The van der Waals surface area contributed by atoms with E-state index in [9.17, 15) is 0 Å². The van der Waals surface area contributed by atoms with Crippen LogP contribution in [0, 0.1) is 0 Å². The second-order valence-corrected chi connectivity index (χ2v) is 4.70. The van der Waals surface area contributed by atoms with Gasteiger partial charge in [-0.25, -0.2) is 5.43 Å². The first kappa shape index (κ1) is 13.3. The minimum Gasteiger partial charge on any atom is -0.277 e. The summed E-state index contributed by atoms with van der Waals surface area (Å²) in [6, 6.07) is 24.6. The Morgan fingerprint density at radius 3 is 1.76 bits per heavy atom. The minimum absolute atomic E-state index is 0.742. The van der Waals surface area contributed by atoms with Crippen LogP contribution in [-0.2, 0) is 6.54 Å². The number of benzene rings is 2. The molecule has 1 N–H and O–H groups in total. The summed E-state index contributed by atoms with van der Waals surface area (Å²) >= 11 is 0. The van der Waals surface area contributed by atoms with Gasteiger partial charge in [0.2, 0.25) is 0 Å². The fraction of sp³-hybridized carbons (Fsp3) is 0.0556. The molecule has 0 radical (unpaired) electrons. The lowest BCUT2D eigenvalue weighted by Crippen LogP contribution is -2.33. The molecule has 2 aromatic carbocycles. The lowest BCUT2D eigenvalue weighted by Gasteiger charge is -2.25. The Balaban J connectivity index is 1.83. The molecular formula is C18H17N3. The van der Waals surface area contributed by atoms with Gasteiger partial charge in [0, 0.05) is 18.9 Å². The highest BCUT2D eigenvalue weighted by Gasteiger charge is 2.07. The monoisotopic (exact) mass is 275 g/mol. The molecule has 0 atom stereocenters. The molecule has 0 saturated carbocycles. The maximum absolute atomic E-state index is 4.05. The van der Waals surface area contributed by atoms with Gasteiger partial charge in [0.1, 0.15) is 0 Å². The first-order valence-corrected chi connectivity index (χ1v) is 6.96. The van der Waals surface area contributed by atoms with E-state index in [1.807, 2.05) is 60.9 Å². The van der Waals surface area contributed by atoms with Crippen LogP contribution in [0.15, 0.2) is 85.2 Å². The van der Waals surface area contributed by atoms with E-state index >= 15 is 0 Å². The van der Waals surface area contributed by atoms with Gasteiger partial charge >= 0.3 is 0 Å². The molecule has 3 nitrogen and oxygen atoms in total. The molecule has 0 unspecified atom stereocenters. The summed E-state index contributed by atoms with van der Waals surface area (Å²) in [5.74, 6) is 0. The van der Waals surface area contributed by atoms with Gasteiger partial charge in [-0.05, 0) is 42.0 Å². The molecule has 21 heavy (non-hydrogen) atoms. The van der Waals surface area contributed by atoms with Crippen molar-refractivity contribution in [3.8, 4) is 0 Å². The number of nitrogens with zero attached hydrogens (tertiary/aromatic N) is 2. The number of hydrogen-bond acceptors (Lipinski definition) is 3. The number of hydrazine groups is 1. The van der Waals surface area contributed by atoms with Gasteiger partial charge in [-0.2, -0.15) is 0 Å². The molecule has 3 heteroatoms. The Bertz CT molecular complexity index is 614. The SMILES string of the molecule is c1ccc(N(NCc2ccncc2)c2ccccc2)cc1. The molecule has 0 saturated heterocycles. The normalized spacial score (nSPS) is 10.3. The lowest BCUT2D eigenvalue weighted by atomic mass is 10.2. The van der Waals surface area contributed by atoms with Crippen molar-refractivity contribution in [2.45, 2.75) is 6.54 Å². The van der Waals surface area contributed by atoms with E-state index in [2.05, 4.69) is 39.7 Å². The fourth-order valence-electron chi connectivity index (χ4n) is 2.16. The molecule has 104 valence electrons. The predicted molar refractivity (Wildman–Crippen MR) is 86.1 cm³/mol. The van der Waals surface area contributed by atoms with Gasteiger partial charge < -0.3 is 0 Å². The molecule has 3 aromatic rings. The molecule has 0 amide bonds. The number of aromatic nitrogens is 1. The Morgan fingerprint density at radius 2 is 1.24 bits per heavy atom. The summed E-state index contributed by atoms with van der Waals surface area (Å²) in [7, 11) is 0. The average molecular weight is 275 g/mol. The molecule has 0 aliphatic rings. The highest BCUT2D eigenvalue weighted by molar-refractivity contribution is 5.61. The molecule has 0 bridgehead atoms. The standard InChI is InChI=1S/C18H17N3/c1-3-7-17(8-4-1)21(18-9-5-2-6-10-18)20-15-16-11-13-19-14-12-16/h1-14,20H,15H2. The third-order valence-corrected chi connectivity index (χ3v) is 3.22. The van der Waals surface area contributed by atoms with Crippen LogP contribution < -0.4 is 10.4 Å². The summed E-state index contributed by atoms with van der Waals surface area (Å²) in [4.78, 5) is 4.05. The maximum atomic E-state index is 4.05. The molecule has 0 fully saturated rings. The number of nitrogens with one attached hydrogen (secondary N) is 1. The van der Waals surface area contributed by atoms with Crippen LogP contribution in [0.3, 0.4) is 0 Å². The summed E-state index contributed by atoms with van der Waals surface area (Å²) < 4.78 is 0. The molecule has 0 spiro atoms. The first-order chi connectivity index (χ1) is 10.4. The van der Waals surface area contributed by atoms with Crippen molar-refractivity contribution in [2.24, 2.45) is 0 Å². The second-order valence-electron chi connectivity index (χ2n) is 4.70. The van der Waals surface area contributed by atoms with Crippen molar-refractivity contribution in [3.05, 3.63) is 90.8 Å². The Hall–Kier alpha value is -2.65. The summed E-state index contributed by atoms with van der Waals surface area (Å²) in [6.07, 6.45) is 3.62. The molecule has 0 aliphatic heterocycles. The zero-order chi connectivity index (χ0) is 14.3. The zero-order valence-electron chi connectivity index (χ0n) is 11.7.